The average Bonchev–Trinajstić information content (AvgIpc) is 3.35. The highest BCUT2D eigenvalue weighted by atomic mass is 32.2. The van der Waals surface area contributed by atoms with E-state index in [9.17, 15) is 12.8 Å². The molecule has 1 saturated heterocycles. The Hall–Kier alpha value is -2.70. The van der Waals surface area contributed by atoms with Crippen LogP contribution in [0.3, 0.4) is 0 Å². The quantitative estimate of drug-likeness (QED) is 0.574. The van der Waals surface area contributed by atoms with Crippen molar-refractivity contribution in [1.29, 1.82) is 0 Å². The number of ether oxygens (including phenoxy) is 1. The van der Waals surface area contributed by atoms with E-state index in [-0.39, 0.29) is 24.1 Å². The van der Waals surface area contributed by atoms with Gasteiger partial charge in [0.05, 0.1) is 12.9 Å². The van der Waals surface area contributed by atoms with E-state index in [0.29, 0.717) is 43.1 Å². The summed E-state index contributed by atoms with van der Waals surface area (Å²) < 4.78 is 51.0. The first-order valence-electron chi connectivity index (χ1n) is 9.36. The third-order valence-electron chi connectivity index (χ3n) is 5.06. The fourth-order valence-electron chi connectivity index (χ4n) is 3.49. The molecule has 0 N–H and O–H groups in total. The molecule has 160 valence electrons. The summed E-state index contributed by atoms with van der Waals surface area (Å²) >= 11 is 0. The van der Waals surface area contributed by atoms with E-state index in [4.69, 9.17) is 9.26 Å². The Balaban J connectivity index is 1.60. The Kier molecular flexibility index (Phi) is 5.62. The van der Waals surface area contributed by atoms with Crippen molar-refractivity contribution in [2.24, 2.45) is 0 Å². The molecule has 0 aliphatic carbocycles. The molecule has 0 spiro atoms. The van der Waals surface area contributed by atoms with Crippen LogP contribution < -0.4 is 0 Å². The molecule has 3 heterocycles. The molecule has 30 heavy (non-hydrogen) atoms. The summed E-state index contributed by atoms with van der Waals surface area (Å²) in [4.78, 5) is 4.45. The van der Waals surface area contributed by atoms with Gasteiger partial charge in [-0.1, -0.05) is 22.5 Å². The lowest BCUT2D eigenvalue weighted by Crippen LogP contribution is -2.37. The van der Waals surface area contributed by atoms with E-state index in [1.807, 2.05) is 0 Å². The number of aromatic nitrogens is 5. The second-order valence-electron chi connectivity index (χ2n) is 7.08. The molecule has 0 atom stereocenters. The highest BCUT2D eigenvalue weighted by molar-refractivity contribution is 7.88. The highest BCUT2D eigenvalue weighted by Gasteiger charge is 2.30. The number of hydrogen-bond acceptors (Lipinski definition) is 8. The van der Waals surface area contributed by atoms with Crippen LogP contribution in [0.1, 0.15) is 30.3 Å². The van der Waals surface area contributed by atoms with Crippen LogP contribution in [0.2, 0.25) is 0 Å². The molecule has 2 aromatic heterocycles. The van der Waals surface area contributed by atoms with Crippen LogP contribution >= 0.6 is 0 Å². The smallest absolute Gasteiger partial charge is 0.280 e. The van der Waals surface area contributed by atoms with Crippen molar-refractivity contribution in [2.45, 2.75) is 25.4 Å². The molecule has 10 nitrogen and oxygen atoms in total. The summed E-state index contributed by atoms with van der Waals surface area (Å²) in [7, 11) is -1.69. The van der Waals surface area contributed by atoms with Crippen molar-refractivity contribution < 1.29 is 22.1 Å². The first-order chi connectivity index (χ1) is 14.4. The van der Waals surface area contributed by atoms with Gasteiger partial charge in [0.25, 0.3) is 5.89 Å². The van der Waals surface area contributed by atoms with Crippen molar-refractivity contribution in [2.75, 3.05) is 26.5 Å². The Bertz CT molecular complexity index is 1140. The van der Waals surface area contributed by atoms with Crippen LogP contribution in [-0.2, 0) is 21.4 Å². The minimum atomic E-state index is -3.20. The van der Waals surface area contributed by atoms with Crippen LogP contribution in [0.4, 0.5) is 4.39 Å². The van der Waals surface area contributed by atoms with Crippen molar-refractivity contribution in [1.82, 2.24) is 29.4 Å². The molecule has 0 unspecified atom stereocenters. The molecule has 1 fully saturated rings. The topological polar surface area (TPSA) is 116 Å². The predicted octanol–water partition coefficient (Wildman–Crippen LogP) is 1.74. The molecule has 12 heteroatoms. The zero-order valence-electron chi connectivity index (χ0n) is 16.5. The van der Waals surface area contributed by atoms with E-state index < -0.39 is 15.8 Å². The molecule has 0 bridgehead atoms. The number of para-hydroxylation sites is 1. The van der Waals surface area contributed by atoms with Crippen LogP contribution in [0.5, 0.6) is 0 Å². The molecule has 4 rings (SSSR count). The maximum atomic E-state index is 14.2. The Morgan fingerprint density at radius 3 is 2.67 bits per heavy atom. The van der Waals surface area contributed by atoms with Gasteiger partial charge in [-0.2, -0.15) is 4.98 Å². The largest absolute Gasteiger partial charge is 0.378 e. The molecular weight excluding hydrogens is 415 g/mol. The van der Waals surface area contributed by atoms with Gasteiger partial charge in [0.1, 0.15) is 17.2 Å². The van der Waals surface area contributed by atoms with Gasteiger partial charge in [-0.25, -0.2) is 21.8 Å². The third kappa shape index (κ3) is 3.98. The standard InChI is InChI=1S/C18H21FN6O4S/c1-28-11-15-16(21-23-25(15)14-6-4-3-5-13(14)19)18-20-17(22-29-18)12-7-9-24(10-8-12)30(2,26)27/h3-6,12H,7-11H2,1-2H3. The monoisotopic (exact) mass is 436 g/mol. The number of nitrogens with zero attached hydrogens (tertiary/aromatic N) is 6. The van der Waals surface area contributed by atoms with E-state index in [2.05, 4.69) is 20.5 Å². The van der Waals surface area contributed by atoms with Crippen LogP contribution in [0.25, 0.3) is 17.3 Å². The van der Waals surface area contributed by atoms with Gasteiger partial charge in [0.2, 0.25) is 10.0 Å². The van der Waals surface area contributed by atoms with E-state index in [1.165, 1.54) is 28.4 Å². The van der Waals surface area contributed by atoms with Gasteiger partial charge in [-0.15, -0.1) is 5.10 Å². The zero-order valence-corrected chi connectivity index (χ0v) is 17.3. The van der Waals surface area contributed by atoms with Gasteiger partial charge in [-0.05, 0) is 25.0 Å². The summed E-state index contributed by atoms with van der Waals surface area (Å²) in [5.41, 5.74) is 1.02. The number of halogens is 1. The Morgan fingerprint density at radius 2 is 2.00 bits per heavy atom. The SMILES string of the molecule is COCc1c(-c2nc(C3CCN(S(C)(=O)=O)CC3)no2)nnn1-c1ccccc1F. The maximum Gasteiger partial charge on any atom is 0.280 e. The number of benzene rings is 1. The van der Waals surface area contributed by atoms with Gasteiger partial charge in [0.15, 0.2) is 11.5 Å². The zero-order chi connectivity index (χ0) is 21.3. The minimum Gasteiger partial charge on any atom is -0.378 e. The number of rotatable bonds is 6. The minimum absolute atomic E-state index is 0.0204. The van der Waals surface area contributed by atoms with Crippen molar-refractivity contribution in [3.8, 4) is 17.3 Å². The van der Waals surface area contributed by atoms with Crippen molar-refractivity contribution in [3.63, 3.8) is 0 Å². The van der Waals surface area contributed by atoms with Crippen molar-refractivity contribution >= 4 is 10.0 Å². The van der Waals surface area contributed by atoms with Crippen LogP contribution in [-0.4, -0.2) is 64.3 Å². The Morgan fingerprint density at radius 1 is 1.27 bits per heavy atom. The lowest BCUT2D eigenvalue weighted by molar-refractivity contribution is 0.179. The summed E-state index contributed by atoms with van der Waals surface area (Å²) in [5, 5.41) is 12.2. The lowest BCUT2D eigenvalue weighted by Gasteiger charge is -2.28. The highest BCUT2D eigenvalue weighted by Crippen LogP contribution is 2.30. The van der Waals surface area contributed by atoms with Gasteiger partial charge in [0, 0.05) is 26.1 Å². The summed E-state index contributed by atoms with van der Waals surface area (Å²) in [6.45, 7) is 0.929. The molecule has 1 aliphatic heterocycles. The molecule has 1 aliphatic rings. The van der Waals surface area contributed by atoms with Crippen LogP contribution in [0, 0.1) is 5.82 Å². The second-order valence-corrected chi connectivity index (χ2v) is 9.06. The number of methoxy groups -OCH3 is 1. The molecule has 3 aromatic rings. The summed E-state index contributed by atoms with van der Waals surface area (Å²) in [6.07, 6.45) is 2.40. The third-order valence-corrected chi connectivity index (χ3v) is 6.36. The van der Waals surface area contributed by atoms with E-state index in [0.717, 1.165) is 0 Å². The predicted molar refractivity (Wildman–Crippen MR) is 104 cm³/mol. The van der Waals surface area contributed by atoms with Crippen LogP contribution in [0.15, 0.2) is 28.8 Å². The molecule has 1 aromatic carbocycles. The number of piperidine rings is 1. The molecule has 0 radical (unpaired) electrons. The fourth-order valence-corrected chi connectivity index (χ4v) is 4.37. The van der Waals surface area contributed by atoms with Gasteiger partial charge in [-0.3, -0.25) is 0 Å². The summed E-state index contributed by atoms with van der Waals surface area (Å²) in [5.74, 6) is 0.176. The van der Waals surface area contributed by atoms with Crippen molar-refractivity contribution in [3.05, 3.63) is 41.6 Å². The number of sulfonamides is 1. The first-order valence-corrected chi connectivity index (χ1v) is 11.2. The number of hydrogen-bond donors (Lipinski definition) is 0. The van der Waals surface area contributed by atoms with E-state index in [1.54, 1.807) is 18.2 Å². The fraction of sp³-hybridized carbons (Fsp3) is 0.444. The summed E-state index contributed by atoms with van der Waals surface area (Å²) in [6, 6.07) is 6.21. The molecule has 0 saturated carbocycles. The lowest BCUT2D eigenvalue weighted by atomic mass is 9.97. The second kappa shape index (κ2) is 8.20. The molecule has 0 amide bonds. The maximum absolute atomic E-state index is 14.2. The normalized spacial score (nSPS) is 16.2. The first kappa shape index (κ1) is 20.6. The average molecular weight is 436 g/mol. The van der Waals surface area contributed by atoms with E-state index >= 15 is 0 Å². The Labute approximate surface area is 172 Å². The van der Waals surface area contributed by atoms with Gasteiger partial charge >= 0.3 is 0 Å². The van der Waals surface area contributed by atoms with Gasteiger partial charge < -0.3 is 9.26 Å². The molecular formula is C18H21FN6O4S.